The van der Waals surface area contributed by atoms with Crippen molar-refractivity contribution in [3.05, 3.63) is 198 Å². The van der Waals surface area contributed by atoms with Gasteiger partial charge in [-0.15, -0.1) is 0 Å². The summed E-state index contributed by atoms with van der Waals surface area (Å²) in [5.74, 6) is 3.18. The number of ether oxygens (including phenoxy) is 4. The molecule has 2 saturated heterocycles. The number of benzene rings is 4. The molecule has 4 aromatic carbocycles. The SMILES string of the molecule is CC(Nc1ccc2c(c1)Cc1cccc(-c3cc(N4CCOCC4)cc(=O)[nH]3)c1O2)c1cc(Cl)ccn1.CC(Nc1ccc2c(c1)Cc1cccc(-c3cc(N4CCOCC4)cc(=O)[nH]3)c1O2)c1cc(Cl)ccn1. The molecule has 16 heteroatoms. The molecule has 0 saturated carbocycles. The van der Waals surface area contributed by atoms with Gasteiger partial charge in [-0.25, -0.2) is 0 Å². The van der Waals surface area contributed by atoms with Gasteiger partial charge in [-0.3, -0.25) is 19.6 Å². The second kappa shape index (κ2) is 21.5. The van der Waals surface area contributed by atoms with Gasteiger partial charge in [0.15, 0.2) is 0 Å². The topological polar surface area (TPSA) is 159 Å². The molecule has 4 aromatic heterocycles. The predicted molar refractivity (Wildman–Crippen MR) is 292 cm³/mol. The second-order valence-corrected chi connectivity index (χ2v) is 19.6. The fourth-order valence-corrected chi connectivity index (χ4v) is 10.2. The summed E-state index contributed by atoms with van der Waals surface area (Å²) in [6.07, 6.45) is 4.89. The maximum atomic E-state index is 12.6. The van der Waals surface area contributed by atoms with E-state index in [9.17, 15) is 9.59 Å². The maximum absolute atomic E-state index is 12.6. The Balaban J connectivity index is 0.000000159. The molecule has 0 aliphatic carbocycles. The van der Waals surface area contributed by atoms with Gasteiger partial charge in [0.1, 0.15) is 23.0 Å². The third-order valence-electron chi connectivity index (χ3n) is 13.6. The van der Waals surface area contributed by atoms with Crippen LogP contribution >= 0.6 is 23.2 Å². The van der Waals surface area contributed by atoms with Crippen molar-refractivity contribution in [3.63, 3.8) is 0 Å². The third kappa shape index (κ3) is 10.9. The molecule has 8 heterocycles. The minimum absolute atomic E-state index is 0.00397. The number of para-hydroxylation sites is 2. The fraction of sp³-hybridized carbons (Fsp3) is 0.241. The molecule has 8 aromatic rings. The number of H-pyrrole nitrogens is 2. The van der Waals surface area contributed by atoms with E-state index in [2.05, 4.69) is 78.5 Å². The van der Waals surface area contributed by atoms with E-state index in [1.54, 1.807) is 36.7 Å². The molecule has 0 radical (unpaired) electrons. The highest BCUT2D eigenvalue weighted by Gasteiger charge is 2.25. The van der Waals surface area contributed by atoms with Crippen LogP contribution in [0.5, 0.6) is 23.0 Å². The Morgan fingerprint density at radius 3 is 1.38 bits per heavy atom. The number of nitrogens with zero attached hydrogens (tertiary/aromatic N) is 4. The summed E-state index contributed by atoms with van der Waals surface area (Å²) in [5.41, 5.74) is 12.8. The number of fused-ring (bicyclic) bond motifs is 4. The lowest BCUT2D eigenvalue weighted by Crippen LogP contribution is -2.36. The fourth-order valence-electron chi connectivity index (χ4n) is 9.88. The van der Waals surface area contributed by atoms with E-state index < -0.39 is 0 Å². The number of aromatic nitrogens is 4. The van der Waals surface area contributed by atoms with Crippen molar-refractivity contribution in [2.75, 3.05) is 73.0 Å². The number of nitrogens with one attached hydrogen (secondary N) is 4. The van der Waals surface area contributed by atoms with Crippen LogP contribution < -0.4 is 41.0 Å². The molecule has 376 valence electrons. The average molecular weight is 1030 g/mol. The molecule has 4 N–H and O–H groups in total. The van der Waals surface area contributed by atoms with E-state index in [1.807, 2.05) is 72.8 Å². The van der Waals surface area contributed by atoms with Crippen LogP contribution in [0, 0.1) is 0 Å². The van der Waals surface area contributed by atoms with Gasteiger partial charge < -0.3 is 49.3 Å². The molecule has 14 nitrogen and oxygen atoms in total. The molecule has 2 fully saturated rings. The number of aromatic amines is 2. The average Bonchev–Trinajstić information content (AvgIpc) is 3.42. The minimum Gasteiger partial charge on any atom is -0.456 e. The summed E-state index contributed by atoms with van der Waals surface area (Å²) in [7, 11) is 0. The zero-order chi connectivity index (χ0) is 50.7. The van der Waals surface area contributed by atoms with Gasteiger partial charge in [0, 0.05) is 119 Å². The predicted octanol–water partition coefficient (Wildman–Crippen LogP) is 11.6. The van der Waals surface area contributed by atoms with Crippen molar-refractivity contribution in [3.8, 4) is 45.5 Å². The zero-order valence-electron chi connectivity index (χ0n) is 40.9. The Morgan fingerprint density at radius 1 is 0.527 bits per heavy atom. The molecule has 4 aliphatic rings. The van der Waals surface area contributed by atoms with Gasteiger partial charge >= 0.3 is 0 Å². The highest BCUT2D eigenvalue weighted by molar-refractivity contribution is 6.30. The van der Waals surface area contributed by atoms with Crippen molar-refractivity contribution in [1.29, 1.82) is 0 Å². The number of halogens is 2. The highest BCUT2D eigenvalue weighted by Crippen LogP contribution is 2.45. The molecule has 0 spiro atoms. The molecule has 2 atom stereocenters. The smallest absolute Gasteiger partial charge is 0.250 e. The highest BCUT2D eigenvalue weighted by atomic mass is 35.5. The van der Waals surface area contributed by atoms with E-state index in [1.165, 1.54) is 0 Å². The summed E-state index contributed by atoms with van der Waals surface area (Å²) in [6.45, 7) is 9.82. The second-order valence-electron chi connectivity index (χ2n) is 18.8. The van der Waals surface area contributed by atoms with E-state index >= 15 is 0 Å². The quantitative estimate of drug-likeness (QED) is 0.103. The maximum Gasteiger partial charge on any atom is 0.250 e. The lowest BCUT2D eigenvalue weighted by atomic mass is 9.96. The van der Waals surface area contributed by atoms with E-state index in [4.69, 9.17) is 42.1 Å². The van der Waals surface area contributed by atoms with Gasteiger partial charge in [0.05, 0.1) is 61.3 Å². The van der Waals surface area contributed by atoms with Crippen LogP contribution in [0.4, 0.5) is 22.7 Å². The first kappa shape index (κ1) is 48.6. The Labute approximate surface area is 438 Å². The van der Waals surface area contributed by atoms with Gasteiger partial charge in [0.2, 0.25) is 11.1 Å². The van der Waals surface area contributed by atoms with Crippen molar-refractivity contribution < 1.29 is 18.9 Å². The Hall–Kier alpha value is -7.62. The lowest BCUT2D eigenvalue weighted by molar-refractivity contribution is 0.122. The normalized spacial score (nSPS) is 15.4. The summed E-state index contributed by atoms with van der Waals surface area (Å²) in [6, 6.07) is 39.0. The summed E-state index contributed by atoms with van der Waals surface area (Å²) in [4.78, 5) is 44.4. The van der Waals surface area contributed by atoms with Crippen molar-refractivity contribution in [2.45, 2.75) is 38.8 Å². The van der Waals surface area contributed by atoms with Crippen LogP contribution in [0.2, 0.25) is 10.0 Å². The van der Waals surface area contributed by atoms with Gasteiger partial charge in [-0.1, -0.05) is 47.5 Å². The standard InChI is InChI=1S/2C29H27ClN4O3/c2*1-18(25-15-21(30)7-8-31-25)32-22-5-6-27-20(14-22)13-19-3-2-4-24(29(19)37-27)26-16-23(17-28(35)33-26)34-9-11-36-12-10-34/h2*2-8,14-18,32H,9-13H2,1H3,(H,33,35). The molecule has 0 amide bonds. The van der Waals surface area contributed by atoms with Gasteiger partial charge in [0.25, 0.3) is 0 Å². The molecule has 12 rings (SSSR count). The number of anilines is 4. The summed E-state index contributed by atoms with van der Waals surface area (Å²) < 4.78 is 23.8. The molecule has 4 aliphatic heterocycles. The first-order chi connectivity index (χ1) is 36.1. The molecule has 74 heavy (non-hydrogen) atoms. The van der Waals surface area contributed by atoms with Gasteiger partial charge in [-0.2, -0.15) is 0 Å². The summed E-state index contributed by atoms with van der Waals surface area (Å²) in [5, 5.41) is 8.36. The van der Waals surface area contributed by atoms with Crippen LogP contribution in [0.3, 0.4) is 0 Å². The Bertz CT molecular complexity index is 3260. The Kier molecular flexibility index (Phi) is 14.1. The van der Waals surface area contributed by atoms with Crippen molar-refractivity contribution in [2.24, 2.45) is 0 Å². The molecular formula is C58H54Cl2N8O6. The van der Waals surface area contributed by atoms with Crippen LogP contribution in [0.15, 0.2) is 143 Å². The Morgan fingerprint density at radius 2 is 0.959 bits per heavy atom. The zero-order valence-corrected chi connectivity index (χ0v) is 42.4. The number of pyridine rings is 4. The number of hydrogen-bond acceptors (Lipinski definition) is 12. The summed E-state index contributed by atoms with van der Waals surface area (Å²) >= 11 is 12.3. The molecular weight excluding hydrogens is 976 g/mol. The van der Waals surface area contributed by atoms with E-state index in [-0.39, 0.29) is 23.2 Å². The van der Waals surface area contributed by atoms with Crippen LogP contribution in [-0.2, 0) is 22.3 Å². The number of morpholine rings is 2. The first-order valence-corrected chi connectivity index (χ1v) is 25.6. The monoisotopic (exact) mass is 1030 g/mol. The van der Waals surface area contributed by atoms with Gasteiger partial charge in [-0.05, 0) is 110 Å². The number of hydrogen-bond donors (Lipinski definition) is 4. The van der Waals surface area contributed by atoms with Crippen molar-refractivity contribution >= 4 is 46.0 Å². The van der Waals surface area contributed by atoms with Crippen molar-refractivity contribution in [1.82, 2.24) is 19.9 Å². The largest absolute Gasteiger partial charge is 0.456 e. The third-order valence-corrected chi connectivity index (χ3v) is 14.1. The van der Waals surface area contributed by atoms with Crippen LogP contribution in [0.25, 0.3) is 22.5 Å². The first-order valence-electron chi connectivity index (χ1n) is 24.8. The van der Waals surface area contributed by atoms with E-state index in [0.717, 1.165) is 141 Å². The number of rotatable bonds is 10. The molecule has 2 unspecified atom stereocenters. The van der Waals surface area contributed by atoms with E-state index in [0.29, 0.717) is 36.5 Å². The van der Waals surface area contributed by atoms with Crippen LogP contribution in [0.1, 0.15) is 59.6 Å². The minimum atomic E-state index is -0.133. The molecule has 0 bridgehead atoms. The van der Waals surface area contributed by atoms with Crippen LogP contribution in [-0.4, -0.2) is 72.5 Å². The lowest BCUT2D eigenvalue weighted by Gasteiger charge is -2.29.